The summed E-state index contributed by atoms with van der Waals surface area (Å²) in [6, 6.07) is 8.93. The summed E-state index contributed by atoms with van der Waals surface area (Å²) in [7, 11) is 0. The monoisotopic (exact) mass is 313 g/mol. The number of hydrogen-bond donors (Lipinski definition) is 0. The molecule has 22 heavy (non-hydrogen) atoms. The van der Waals surface area contributed by atoms with E-state index in [2.05, 4.69) is 39.1 Å². The fraction of sp³-hybridized carbons (Fsp3) is 0.444. The van der Waals surface area contributed by atoms with Crippen molar-refractivity contribution in [1.82, 2.24) is 9.97 Å². The molecule has 1 fully saturated rings. The first-order valence-corrected chi connectivity index (χ1v) is 8.34. The van der Waals surface area contributed by atoms with Gasteiger partial charge in [-0.2, -0.15) is 0 Å². The van der Waals surface area contributed by atoms with E-state index in [0.717, 1.165) is 24.6 Å². The molecule has 4 heteroatoms. The van der Waals surface area contributed by atoms with Gasteiger partial charge in [0.2, 0.25) is 0 Å². The lowest BCUT2D eigenvalue weighted by Gasteiger charge is -2.40. The van der Waals surface area contributed by atoms with Crippen LogP contribution in [-0.2, 0) is 12.8 Å². The second-order valence-corrected chi connectivity index (χ2v) is 7.10. The van der Waals surface area contributed by atoms with Crippen molar-refractivity contribution in [2.24, 2.45) is 5.41 Å². The number of piperidine rings is 1. The summed E-state index contributed by atoms with van der Waals surface area (Å²) in [6.07, 6.45) is 6.58. The Hall–Kier alpha value is -1.61. The van der Waals surface area contributed by atoms with Crippen LogP contribution in [0.2, 0.25) is 5.15 Å². The molecule has 0 atom stereocenters. The van der Waals surface area contributed by atoms with Crippen LogP contribution in [0.25, 0.3) is 0 Å². The Labute approximate surface area is 136 Å². The van der Waals surface area contributed by atoms with Crippen LogP contribution in [0.15, 0.2) is 30.5 Å². The number of aromatic nitrogens is 2. The van der Waals surface area contributed by atoms with Gasteiger partial charge in [-0.1, -0.05) is 35.9 Å². The smallest absolute Gasteiger partial charge is 0.150 e. The Balaban J connectivity index is 1.50. The Bertz CT molecular complexity index is 678. The van der Waals surface area contributed by atoms with Gasteiger partial charge in [0.15, 0.2) is 0 Å². The van der Waals surface area contributed by atoms with E-state index in [0.29, 0.717) is 10.6 Å². The van der Waals surface area contributed by atoms with Gasteiger partial charge in [-0.3, -0.25) is 0 Å². The van der Waals surface area contributed by atoms with Crippen LogP contribution in [0.3, 0.4) is 0 Å². The lowest BCUT2D eigenvalue weighted by molar-refractivity contribution is 0.232. The van der Waals surface area contributed by atoms with E-state index in [1.807, 2.05) is 6.92 Å². The molecule has 4 rings (SSSR count). The first-order chi connectivity index (χ1) is 10.7. The highest BCUT2D eigenvalue weighted by Crippen LogP contribution is 2.45. The third kappa shape index (κ3) is 2.38. The van der Waals surface area contributed by atoms with Gasteiger partial charge in [0.25, 0.3) is 0 Å². The zero-order chi connectivity index (χ0) is 15.2. The molecule has 114 valence electrons. The first-order valence-electron chi connectivity index (χ1n) is 7.96. The topological polar surface area (TPSA) is 29.0 Å². The zero-order valence-corrected chi connectivity index (χ0v) is 13.6. The third-order valence-corrected chi connectivity index (χ3v) is 5.45. The van der Waals surface area contributed by atoms with Crippen LogP contribution in [0.1, 0.15) is 29.7 Å². The molecule has 0 N–H and O–H groups in total. The second-order valence-electron chi connectivity index (χ2n) is 6.71. The highest BCUT2D eigenvalue weighted by atomic mass is 35.5. The van der Waals surface area contributed by atoms with Gasteiger partial charge >= 0.3 is 0 Å². The Morgan fingerprint density at radius 3 is 2.32 bits per heavy atom. The number of rotatable bonds is 1. The number of nitrogens with zero attached hydrogens (tertiary/aromatic N) is 3. The van der Waals surface area contributed by atoms with E-state index < -0.39 is 0 Å². The van der Waals surface area contributed by atoms with Gasteiger partial charge in [0, 0.05) is 13.1 Å². The molecule has 1 aromatic carbocycles. The molecular weight excluding hydrogens is 294 g/mol. The molecule has 0 saturated carbocycles. The van der Waals surface area contributed by atoms with Gasteiger partial charge in [-0.25, -0.2) is 9.97 Å². The largest absolute Gasteiger partial charge is 0.355 e. The maximum Gasteiger partial charge on any atom is 0.150 e. The number of fused-ring (bicyclic) bond motifs is 1. The summed E-state index contributed by atoms with van der Waals surface area (Å²) in [4.78, 5) is 11.2. The van der Waals surface area contributed by atoms with Crippen molar-refractivity contribution in [3.63, 3.8) is 0 Å². The van der Waals surface area contributed by atoms with Crippen molar-refractivity contribution < 1.29 is 0 Å². The molecule has 2 heterocycles. The molecule has 0 amide bonds. The van der Waals surface area contributed by atoms with Crippen LogP contribution in [0, 0.1) is 12.3 Å². The first kappa shape index (κ1) is 14.0. The summed E-state index contributed by atoms with van der Waals surface area (Å²) in [5, 5.41) is 0.473. The number of aryl methyl sites for hydroxylation is 1. The minimum Gasteiger partial charge on any atom is -0.355 e. The summed E-state index contributed by atoms with van der Waals surface area (Å²) < 4.78 is 0. The van der Waals surface area contributed by atoms with E-state index in [1.165, 1.54) is 25.7 Å². The minimum atomic E-state index is 0.466. The number of anilines is 1. The molecule has 1 aromatic heterocycles. The lowest BCUT2D eigenvalue weighted by Crippen LogP contribution is -2.41. The molecule has 1 aliphatic carbocycles. The maximum atomic E-state index is 5.91. The molecule has 3 nitrogen and oxygen atoms in total. The highest BCUT2D eigenvalue weighted by Gasteiger charge is 2.40. The fourth-order valence-corrected chi connectivity index (χ4v) is 4.25. The predicted molar refractivity (Wildman–Crippen MR) is 89.5 cm³/mol. The summed E-state index contributed by atoms with van der Waals surface area (Å²) in [6.45, 7) is 4.11. The molecule has 0 unspecified atom stereocenters. The van der Waals surface area contributed by atoms with Crippen molar-refractivity contribution in [2.75, 3.05) is 18.0 Å². The van der Waals surface area contributed by atoms with Crippen LogP contribution in [0.4, 0.5) is 5.82 Å². The van der Waals surface area contributed by atoms with Crippen LogP contribution in [0.5, 0.6) is 0 Å². The van der Waals surface area contributed by atoms with Crippen molar-refractivity contribution in [3.05, 3.63) is 52.4 Å². The molecule has 1 aliphatic heterocycles. The fourth-order valence-electron chi connectivity index (χ4n) is 4.08. The molecule has 1 spiro atoms. The number of benzene rings is 1. The van der Waals surface area contributed by atoms with Gasteiger partial charge in [0.05, 0.1) is 11.9 Å². The molecular formula is C18H20ClN3. The maximum absolute atomic E-state index is 5.91. The van der Waals surface area contributed by atoms with E-state index in [9.17, 15) is 0 Å². The van der Waals surface area contributed by atoms with Gasteiger partial charge in [-0.15, -0.1) is 0 Å². The average molecular weight is 314 g/mol. The van der Waals surface area contributed by atoms with Crippen molar-refractivity contribution in [3.8, 4) is 0 Å². The normalized spacial score (nSPS) is 19.5. The van der Waals surface area contributed by atoms with Crippen LogP contribution < -0.4 is 4.90 Å². The Morgan fingerprint density at radius 1 is 1.09 bits per heavy atom. The molecule has 2 aromatic rings. The van der Waals surface area contributed by atoms with E-state index in [-0.39, 0.29) is 0 Å². The summed E-state index contributed by atoms with van der Waals surface area (Å²) >= 11 is 5.91. The lowest BCUT2D eigenvalue weighted by atomic mass is 9.76. The average Bonchev–Trinajstić information content (AvgIpc) is 2.86. The molecule has 1 saturated heterocycles. The predicted octanol–water partition coefficient (Wildman–Crippen LogP) is 3.82. The van der Waals surface area contributed by atoms with E-state index in [1.54, 1.807) is 17.3 Å². The Morgan fingerprint density at radius 2 is 1.73 bits per heavy atom. The van der Waals surface area contributed by atoms with Crippen molar-refractivity contribution in [2.45, 2.75) is 32.6 Å². The standard InChI is InChI=1S/C18H20ClN3/c1-13-17(20-12-16(19)21-13)22-8-6-18(7-9-22)10-14-4-2-3-5-15(14)11-18/h2-5,12H,6-11H2,1H3. The van der Waals surface area contributed by atoms with Gasteiger partial charge in [0.1, 0.15) is 11.0 Å². The highest BCUT2D eigenvalue weighted by molar-refractivity contribution is 6.29. The SMILES string of the molecule is Cc1nc(Cl)cnc1N1CCC2(CC1)Cc1ccccc1C2. The number of halogens is 1. The summed E-state index contributed by atoms with van der Waals surface area (Å²) in [5.41, 5.74) is 4.50. The van der Waals surface area contributed by atoms with Crippen LogP contribution >= 0.6 is 11.6 Å². The van der Waals surface area contributed by atoms with Crippen molar-refractivity contribution in [1.29, 1.82) is 0 Å². The molecule has 0 bridgehead atoms. The third-order valence-electron chi connectivity index (χ3n) is 5.26. The van der Waals surface area contributed by atoms with Gasteiger partial charge in [-0.05, 0) is 49.1 Å². The van der Waals surface area contributed by atoms with E-state index >= 15 is 0 Å². The second kappa shape index (κ2) is 5.24. The van der Waals surface area contributed by atoms with Crippen molar-refractivity contribution >= 4 is 17.4 Å². The minimum absolute atomic E-state index is 0.466. The number of hydrogen-bond acceptors (Lipinski definition) is 3. The summed E-state index contributed by atoms with van der Waals surface area (Å²) in [5.74, 6) is 0.995. The quantitative estimate of drug-likeness (QED) is 0.801. The van der Waals surface area contributed by atoms with E-state index in [4.69, 9.17) is 11.6 Å². The van der Waals surface area contributed by atoms with Gasteiger partial charge < -0.3 is 4.90 Å². The molecule has 2 aliphatic rings. The van der Waals surface area contributed by atoms with Crippen LogP contribution in [-0.4, -0.2) is 23.1 Å². The Kier molecular flexibility index (Phi) is 3.33. The zero-order valence-electron chi connectivity index (χ0n) is 12.8. The molecule has 0 radical (unpaired) electrons.